The summed E-state index contributed by atoms with van der Waals surface area (Å²) < 4.78 is 30.6. The Labute approximate surface area is 101 Å². The first-order valence-electron chi connectivity index (χ1n) is 4.61. The lowest BCUT2D eigenvalue weighted by atomic mass is 10.0. The van der Waals surface area contributed by atoms with Gasteiger partial charge in [-0.05, 0) is 0 Å². The Bertz CT molecular complexity index is 426. The van der Waals surface area contributed by atoms with E-state index in [-0.39, 0.29) is 22.9 Å². The second kappa shape index (κ2) is 5.77. The van der Waals surface area contributed by atoms with E-state index in [4.69, 9.17) is 21.4 Å². The number of carbonyl (C=O) groups is 1. The lowest BCUT2D eigenvalue weighted by Crippen LogP contribution is -2.10. The zero-order valence-electron chi connectivity index (χ0n) is 8.91. The van der Waals surface area contributed by atoms with Gasteiger partial charge in [0.05, 0.1) is 31.3 Å². The molecule has 0 fully saturated rings. The zero-order valence-corrected chi connectivity index (χ0v) is 9.67. The predicted octanol–water partition coefficient (Wildman–Crippen LogP) is 2.39. The molecule has 0 aromatic carbocycles. The Kier molecular flexibility index (Phi) is 4.62. The maximum Gasteiger partial charge on any atom is 0.307 e. The average Bonchev–Trinajstić information content (AvgIpc) is 2.27. The molecule has 17 heavy (non-hydrogen) atoms. The molecule has 1 heterocycles. The van der Waals surface area contributed by atoms with Gasteiger partial charge in [-0.3, -0.25) is 9.78 Å². The third-order valence-electron chi connectivity index (χ3n) is 2.16. The van der Waals surface area contributed by atoms with Crippen LogP contribution in [-0.4, -0.2) is 23.2 Å². The lowest BCUT2D eigenvalue weighted by Gasteiger charge is -2.14. The van der Waals surface area contributed by atoms with Crippen molar-refractivity contribution < 1.29 is 23.4 Å². The molecule has 0 amide bonds. The normalized spacial score (nSPS) is 10.6. The van der Waals surface area contributed by atoms with Gasteiger partial charge >= 0.3 is 5.97 Å². The van der Waals surface area contributed by atoms with Crippen LogP contribution in [0.15, 0.2) is 6.20 Å². The highest BCUT2D eigenvalue weighted by atomic mass is 35.5. The highest BCUT2D eigenvalue weighted by Crippen LogP contribution is 2.32. The number of rotatable bonds is 5. The van der Waals surface area contributed by atoms with Gasteiger partial charge in [-0.25, -0.2) is 8.78 Å². The Morgan fingerprint density at radius 1 is 1.65 bits per heavy atom. The van der Waals surface area contributed by atoms with E-state index < -0.39 is 24.4 Å². The van der Waals surface area contributed by atoms with Crippen LogP contribution in [0.25, 0.3) is 0 Å². The number of carboxylic acids is 1. The number of methoxy groups -OCH3 is 1. The molecule has 0 spiro atoms. The minimum atomic E-state index is -2.85. The second-order valence-corrected chi connectivity index (χ2v) is 3.44. The van der Waals surface area contributed by atoms with Crippen molar-refractivity contribution in [3.05, 3.63) is 23.0 Å². The average molecular weight is 266 g/mol. The van der Waals surface area contributed by atoms with Crippen molar-refractivity contribution in [3.8, 4) is 5.75 Å². The first kappa shape index (κ1) is 13.6. The molecule has 94 valence electrons. The third-order valence-corrected chi connectivity index (χ3v) is 2.42. The molecule has 0 bridgehead atoms. The van der Waals surface area contributed by atoms with Gasteiger partial charge in [-0.15, -0.1) is 11.6 Å². The Balaban J connectivity index is 3.40. The van der Waals surface area contributed by atoms with Crippen LogP contribution in [0.4, 0.5) is 8.78 Å². The van der Waals surface area contributed by atoms with E-state index in [0.29, 0.717) is 0 Å². The molecule has 0 saturated heterocycles. The first-order valence-corrected chi connectivity index (χ1v) is 5.15. The van der Waals surface area contributed by atoms with Crippen molar-refractivity contribution in [1.82, 2.24) is 4.98 Å². The molecule has 0 aliphatic rings. The number of carboxylic acid groups (broad SMARTS) is 1. The maximum absolute atomic E-state index is 12.9. The SMILES string of the molecule is COc1cnc(CCl)c(C(F)F)c1CC(=O)O. The van der Waals surface area contributed by atoms with E-state index in [2.05, 4.69) is 4.98 Å². The van der Waals surface area contributed by atoms with Gasteiger partial charge in [0.25, 0.3) is 6.43 Å². The highest BCUT2D eigenvalue weighted by molar-refractivity contribution is 6.17. The molecule has 7 heteroatoms. The molecular weight excluding hydrogens is 256 g/mol. The van der Waals surface area contributed by atoms with Crippen LogP contribution in [0.1, 0.15) is 23.2 Å². The monoisotopic (exact) mass is 265 g/mol. The maximum atomic E-state index is 12.9. The number of aliphatic carboxylic acids is 1. The summed E-state index contributed by atoms with van der Waals surface area (Å²) in [6.07, 6.45) is -2.21. The van der Waals surface area contributed by atoms with Crippen LogP contribution >= 0.6 is 11.6 Å². The summed E-state index contributed by atoms with van der Waals surface area (Å²) in [5, 5.41) is 8.70. The molecule has 0 aliphatic carbocycles. The number of nitrogens with zero attached hydrogens (tertiary/aromatic N) is 1. The topological polar surface area (TPSA) is 59.4 Å². The molecular formula is C10H10ClF2NO3. The zero-order chi connectivity index (χ0) is 13.0. The van der Waals surface area contributed by atoms with E-state index in [1.165, 1.54) is 13.3 Å². The highest BCUT2D eigenvalue weighted by Gasteiger charge is 2.23. The molecule has 1 N–H and O–H groups in total. The standard InChI is InChI=1S/C10H10ClF2NO3/c1-17-7-4-14-6(3-11)9(10(12)13)5(7)2-8(15)16/h4,10H,2-3H2,1H3,(H,15,16). The number of hydrogen-bond acceptors (Lipinski definition) is 3. The summed E-state index contributed by atoms with van der Waals surface area (Å²) in [5.41, 5.74) is -0.568. The van der Waals surface area contributed by atoms with Gasteiger partial charge in [0.2, 0.25) is 0 Å². The summed E-state index contributed by atoms with van der Waals surface area (Å²) in [5.74, 6) is -1.41. The summed E-state index contributed by atoms with van der Waals surface area (Å²) in [6, 6.07) is 0. The van der Waals surface area contributed by atoms with Crippen molar-refractivity contribution in [1.29, 1.82) is 0 Å². The Morgan fingerprint density at radius 3 is 2.71 bits per heavy atom. The third kappa shape index (κ3) is 3.03. The fraction of sp³-hybridized carbons (Fsp3) is 0.400. The van der Waals surface area contributed by atoms with Crippen LogP contribution in [0.2, 0.25) is 0 Å². The van der Waals surface area contributed by atoms with E-state index >= 15 is 0 Å². The number of halogens is 3. The molecule has 0 saturated carbocycles. The number of pyridine rings is 1. The van der Waals surface area contributed by atoms with Gasteiger partial charge in [0.1, 0.15) is 5.75 Å². The number of alkyl halides is 3. The molecule has 0 radical (unpaired) electrons. The van der Waals surface area contributed by atoms with Gasteiger partial charge in [-0.1, -0.05) is 0 Å². The number of ether oxygens (including phenoxy) is 1. The van der Waals surface area contributed by atoms with Crippen molar-refractivity contribution in [2.45, 2.75) is 18.7 Å². The second-order valence-electron chi connectivity index (χ2n) is 3.17. The quantitative estimate of drug-likeness (QED) is 0.831. The smallest absolute Gasteiger partial charge is 0.307 e. The van der Waals surface area contributed by atoms with Crippen LogP contribution in [-0.2, 0) is 17.1 Å². The largest absolute Gasteiger partial charge is 0.495 e. The Morgan fingerprint density at radius 2 is 2.29 bits per heavy atom. The predicted molar refractivity (Wildman–Crippen MR) is 56.6 cm³/mol. The molecule has 0 unspecified atom stereocenters. The van der Waals surface area contributed by atoms with Crippen LogP contribution < -0.4 is 4.74 Å². The van der Waals surface area contributed by atoms with E-state index in [9.17, 15) is 13.6 Å². The van der Waals surface area contributed by atoms with Crippen molar-refractivity contribution >= 4 is 17.6 Å². The molecule has 0 atom stereocenters. The molecule has 0 aliphatic heterocycles. The van der Waals surface area contributed by atoms with Crippen LogP contribution in [0.3, 0.4) is 0 Å². The number of aromatic nitrogens is 1. The van der Waals surface area contributed by atoms with E-state index in [1.54, 1.807) is 0 Å². The summed E-state index contributed by atoms with van der Waals surface area (Å²) in [7, 11) is 1.26. The minimum Gasteiger partial charge on any atom is -0.495 e. The molecule has 1 rings (SSSR count). The summed E-state index contributed by atoms with van der Waals surface area (Å²) >= 11 is 5.50. The van der Waals surface area contributed by atoms with Crippen molar-refractivity contribution in [2.75, 3.05) is 7.11 Å². The first-order chi connectivity index (χ1) is 8.01. The van der Waals surface area contributed by atoms with Gasteiger partial charge in [0, 0.05) is 11.1 Å². The number of hydrogen-bond donors (Lipinski definition) is 1. The van der Waals surface area contributed by atoms with Crippen LogP contribution in [0.5, 0.6) is 5.75 Å². The van der Waals surface area contributed by atoms with Gasteiger partial charge < -0.3 is 9.84 Å². The van der Waals surface area contributed by atoms with Crippen molar-refractivity contribution in [3.63, 3.8) is 0 Å². The van der Waals surface area contributed by atoms with Gasteiger partial charge in [-0.2, -0.15) is 0 Å². The lowest BCUT2D eigenvalue weighted by molar-refractivity contribution is -0.136. The fourth-order valence-electron chi connectivity index (χ4n) is 1.46. The fourth-order valence-corrected chi connectivity index (χ4v) is 1.68. The van der Waals surface area contributed by atoms with Crippen molar-refractivity contribution in [2.24, 2.45) is 0 Å². The van der Waals surface area contributed by atoms with E-state index in [0.717, 1.165) is 0 Å². The Hall–Kier alpha value is -1.43. The van der Waals surface area contributed by atoms with Crippen LogP contribution in [0, 0.1) is 0 Å². The molecule has 1 aromatic rings. The minimum absolute atomic E-state index is 0.0246. The van der Waals surface area contributed by atoms with E-state index in [1.807, 2.05) is 0 Å². The molecule has 1 aromatic heterocycles. The van der Waals surface area contributed by atoms with Gasteiger partial charge in [0.15, 0.2) is 0 Å². The molecule has 4 nitrogen and oxygen atoms in total. The summed E-state index contributed by atoms with van der Waals surface area (Å²) in [6.45, 7) is 0. The summed E-state index contributed by atoms with van der Waals surface area (Å²) in [4.78, 5) is 14.4.